The number of anilines is 1. The Kier molecular flexibility index (Phi) is 4.61. The smallest absolute Gasteiger partial charge is 0.269 e. The van der Waals surface area contributed by atoms with E-state index in [-0.39, 0.29) is 11.8 Å². The number of para-hydroxylation sites is 2. The molecule has 0 saturated heterocycles. The van der Waals surface area contributed by atoms with E-state index in [0.29, 0.717) is 22.7 Å². The minimum absolute atomic E-state index is 0.129. The van der Waals surface area contributed by atoms with E-state index in [0.717, 1.165) is 0 Å². The molecular weight excluding hydrogens is 320 g/mol. The molecule has 3 rings (SSSR count). The molecule has 1 N–H and O–H groups in total. The van der Waals surface area contributed by atoms with Crippen LogP contribution in [0.25, 0.3) is 0 Å². The lowest BCUT2D eigenvalue weighted by atomic mass is 10.1. The fourth-order valence-electron chi connectivity index (χ4n) is 2.61. The molecule has 6 heteroatoms. The van der Waals surface area contributed by atoms with Crippen LogP contribution >= 0.6 is 0 Å². The molecule has 1 aliphatic heterocycles. The van der Waals surface area contributed by atoms with Gasteiger partial charge in [0.2, 0.25) is 6.10 Å². The number of hydrogen-bond acceptors (Lipinski definition) is 4. The zero-order valence-electron chi connectivity index (χ0n) is 14.4. The average molecular weight is 340 g/mol. The van der Waals surface area contributed by atoms with Gasteiger partial charge < -0.3 is 19.7 Å². The maximum absolute atomic E-state index is 12.6. The summed E-state index contributed by atoms with van der Waals surface area (Å²) in [6.07, 6.45) is -1.20. The fraction of sp³-hybridized carbons (Fsp3) is 0.263. The van der Waals surface area contributed by atoms with Gasteiger partial charge in [-0.15, -0.1) is 0 Å². The lowest BCUT2D eigenvalue weighted by molar-refractivity contribution is -0.128. The summed E-state index contributed by atoms with van der Waals surface area (Å²) in [6.45, 7) is 1.78. The molecule has 2 unspecified atom stereocenters. The third kappa shape index (κ3) is 3.57. The number of hydrogen-bond donors (Lipinski definition) is 1. The number of fused-ring (bicyclic) bond motifs is 1. The number of carbonyl (C=O) groups excluding carboxylic acids is 2. The van der Waals surface area contributed by atoms with Gasteiger partial charge in [-0.25, -0.2) is 0 Å². The van der Waals surface area contributed by atoms with Crippen LogP contribution in [0.4, 0.5) is 5.69 Å². The molecule has 0 aliphatic carbocycles. The summed E-state index contributed by atoms with van der Waals surface area (Å²) in [6, 6.07) is 14.0. The summed E-state index contributed by atoms with van der Waals surface area (Å²) in [4.78, 5) is 26.1. The SMILES string of the molecule is CC1Oc2ccccc2OC1C(=O)Nc1cccc(C(=O)N(C)C)c1. The number of amides is 2. The Labute approximate surface area is 146 Å². The predicted octanol–water partition coefficient (Wildman–Crippen LogP) is 2.56. The Morgan fingerprint density at radius 3 is 2.36 bits per heavy atom. The van der Waals surface area contributed by atoms with E-state index in [1.165, 1.54) is 4.90 Å². The maximum Gasteiger partial charge on any atom is 0.269 e. The van der Waals surface area contributed by atoms with E-state index >= 15 is 0 Å². The second-order valence-corrected chi connectivity index (χ2v) is 6.08. The highest BCUT2D eigenvalue weighted by atomic mass is 16.6. The highest BCUT2D eigenvalue weighted by molar-refractivity contribution is 5.98. The molecule has 0 saturated carbocycles. The monoisotopic (exact) mass is 340 g/mol. The molecule has 130 valence electrons. The summed E-state index contributed by atoms with van der Waals surface area (Å²) >= 11 is 0. The quantitative estimate of drug-likeness (QED) is 0.932. The minimum Gasteiger partial charge on any atom is -0.482 e. The molecule has 2 atom stereocenters. The van der Waals surface area contributed by atoms with Crippen molar-refractivity contribution in [2.75, 3.05) is 19.4 Å². The van der Waals surface area contributed by atoms with Crippen molar-refractivity contribution in [3.8, 4) is 11.5 Å². The highest BCUT2D eigenvalue weighted by Crippen LogP contribution is 2.33. The van der Waals surface area contributed by atoms with E-state index in [4.69, 9.17) is 9.47 Å². The second kappa shape index (κ2) is 6.84. The molecule has 2 amide bonds. The van der Waals surface area contributed by atoms with Crippen LogP contribution in [0.1, 0.15) is 17.3 Å². The molecule has 1 heterocycles. The second-order valence-electron chi connectivity index (χ2n) is 6.08. The molecule has 0 fully saturated rings. The average Bonchev–Trinajstić information content (AvgIpc) is 2.60. The van der Waals surface area contributed by atoms with Crippen molar-refractivity contribution in [2.45, 2.75) is 19.1 Å². The first-order valence-electron chi connectivity index (χ1n) is 8.00. The number of ether oxygens (including phenoxy) is 2. The van der Waals surface area contributed by atoms with E-state index in [9.17, 15) is 9.59 Å². The van der Waals surface area contributed by atoms with Gasteiger partial charge in [-0.2, -0.15) is 0 Å². The van der Waals surface area contributed by atoms with Gasteiger partial charge in [-0.3, -0.25) is 9.59 Å². The third-order valence-corrected chi connectivity index (χ3v) is 3.88. The topological polar surface area (TPSA) is 67.9 Å². The fourth-order valence-corrected chi connectivity index (χ4v) is 2.61. The normalized spacial score (nSPS) is 18.4. The lowest BCUT2D eigenvalue weighted by Crippen LogP contribution is -2.46. The maximum atomic E-state index is 12.6. The molecule has 2 aromatic rings. The number of carbonyl (C=O) groups is 2. The first-order valence-corrected chi connectivity index (χ1v) is 8.00. The summed E-state index contributed by atoms with van der Waals surface area (Å²) in [5, 5.41) is 2.79. The minimum atomic E-state index is -0.775. The van der Waals surface area contributed by atoms with Gasteiger partial charge in [0.1, 0.15) is 6.10 Å². The van der Waals surface area contributed by atoms with Crippen molar-refractivity contribution in [3.05, 3.63) is 54.1 Å². The van der Waals surface area contributed by atoms with E-state index in [1.54, 1.807) is 57.4 Å². The number of benzene rings is 2. The molecule has 0 spiro atoms. The van der Waals surface area contributed by atoms with Crippen molar-refractivity contribution >= 4 is 17.5 Å². The molecular formula is C19H20N2O4. The predicted molar refractivity (Wildman–Crippen MR) is 94.0 cm³/mol. The van der Waals surface area contributed by atoms with Gasteiger partial charge >= 0.3 is 0 Å². The zero-order valence-corrected chi connectivity index (χ0v) is 14.4. The van der Waals surface area contributed by atoms with Gasteiger partial charge in [0, 0.05) is 25.3 Å². The van der Waals surface area contributed by atoms with Crippen LogP contribution in [0.5, 0.6) is 11.5 Å². The Bertz CT molecular complexity index is 804. The van der Waals surface area contributed by atoms with Crippen molar-refractivity contribution < 1.29 is 19.1 Å². The molecule has 6 nitrogen and oxygen atoms in total. The summed E-state index contributed by atoms with van der Waals surface area (Å²) in [5.41, 5.74) is 1.04. The molecule has 0 radical (unpaired) electrons. The van der Waals surface area contributed by atoms with Crippen molar-refractivity contribution in [1.29, 1.82) is 0 Å². The molecule has 0 bridgehead atoms. The van der Waals surface area contributed by atoms with Crippen LogP contribution < -0.4 is 14.8 Å². The summed E-state index contributed by atoms with van der Waals surface area (Å²) in [7, 11) is 3.36. The Morgan fingerprint density at radius 1 is 1.00 bits per heavy atom. The number of nitrogens with one attached hydrogen (secondary N) is 1. The zero-order chi connectivity index (χ0) is 18.0. The van der Waals surface area contributed by atoms with Crippen LogP contribution in [-0.2, 0) is 4.79 Å². The Hall–Kier alpha value is -3.02. The first kappa shape index (κ1) is 16.8. The lowest BCUT2D eigenvalue weighted by Gasteiger charge is -2.31. The van der Waals surface area contributed by atoms with Crippen LogP contribution in [0.15, 0.2) is 48.5 Å². The molecule has 1 aliphatic rings. The van der Waals surface area contributed by atoms with Gasteiger partial charge in [0.05, 0.1) is 0 Å². The van der Waals surface area contributed by atoms with Crippen molar-refractivity contribution in [3.63, 3.8) is 0 Å². The number of rotatable bonds is 3. The molecule has 2 aromatic carbocycles. The molecule has 0 aromatic heterocycles. The van der Waals surface area contributed by atoms with Crippen LogP contribution in [0.2, 0.25) is 0 Å². The largest absolute Gasteiger partial charge is 0.482 e. The van der Waals surface area contributed by atoms with Crippen molar-refractivity contribution in [1.82, 2.24) is 4.90 Å². The van der Waals surface area contributed by atoms with E-state index in [2.05, 4.69) is 5.32 Å². The Balaban J connectivity index is 1.75. The van der Waals surface area contributed by atoms with Gasteiger partial charge in [0.25, 0.3) is 11.8 Å². The van der Waals surface area contributed by atoms with E-state index in [1.807, 2.05) is 12.1 Å². The van der Waals surface area contributed by atoms with Crippen molar-refractivity contribution in [2.24, 2.45) is 0 Å². The third-order valence-electron chi connectivity index (χ3n) is 3.88. The summed E-state index contributed by atoms with van der Waals surface area (Å²) < 4.78 is 11.5. The standard InChI is InChI=1S/C19H20N2O4/c1-12-17(25-16-10-5-4-9-15(16)24-12)18(22)20-14-8-6-7-13(11-14)19(23)21(2)3/h4-12,17H,1-3H3,(H,20,22). The van der Waals surface area contributed by atoms with Crippen LogP contribution in [0.3, 0.4) is 0 Å². The first-order chi connectivity index (χ1) is 12.0. The van der Waals surface area contributed by atoms with Gasteiger partial charge in [-0.1, -0.05) is 18.2 Å². The van der Waals surface area contributed by atoms with Crippen LogP contribution in [0, 0.1) is 0 Å². The number of nitrogens with zero attached hydrogens (tertiary/aromatic N) is 1. The van der Waals surface area contributed by atoms with Gasteiger partial charge in [0.15, 0.2) is 11.5 Å². The van der Waals surface area contributed by atoms with Gasteiger partial charge in [-0.05, 0) is 37.3 Å². The van der Waals surface area contributed by atoms with E-state index < -0.39 is 12.2 Å². The van der Waals surface area contributed by atoms with Crippen LogP contribution in [-0.4, -0.2) is 43.0 Å². The molecule has 25 heavy (non-hydrogen) atoms. The Morgan fingerprint density at radius 2 is 1.68 bits per heavy atom. The summed E-state index contributed by atoms with van der Waals surface area (Å²) in [5.74, 6) is 0.710. The highest BCUT2D eigenvalue weighted by Gasteiger charge is 2.34.